The monoisotopic (exact) mass is 588 g/mol. The first kappa shape index (κ1) is 28.8. The predicted octanol–water partition coefficient (Wildman–Crippen LogP) is 4.32. The van der Waals surface area contributed by atoms with E-state index in [9.17, 15) is 22.8 Å². The van der Waals surface area contributed by atoms with Gasteiger partial charge in [0.05, 0.1) is 11.3 Å². The van der Waals surface area contributed by atoms with Gasteiger partial charge in [0, 0.05) is 76.7 Å². The number of aryl methyl sites for hydroxylation is 1. The molecule has 218 valence electrons. The van der Waals surface area contributed by atoms with Crippen LogP contribution >= 0.6 is 11.8 Å². The molecule has 0 atom stereocenters. The molecule has 2 fully saturated rings. The Labute approximate surface area is 240 Å². The molecule has 0 spiro atoms. The van der Waals surface area contributed by atoms with Crippen LogP contribution < -0.4 is 9.80 Å². The zero-order chi connectivity index (χ0) is 29.1. The number of benzene rings is 1. The van der Waals surface area contributed by atoms with Crippen LogP contribution in [0.15, 0.2) is 52.0 Å². The lowest BCUT2D eigenvalue weighted by molar-refractivity contribution is -0.137. The predicted molar refractivity (Wildman–Crippen MR) is 149 cm³/mol. The highest BCUT2D eigenvalue weighted by molar-refractivity contribution is 7.98. The maximum atomic E-state index is 13.1. The molecule has 0 aliphatic carbocycles. The van der Waals surface area contributed by atoms with Crippen molar-refractivity contribution in [3.8, 4) is 0 Å². The number of rotatable bonds is 6. The first-order valence-corrected chi connectivity index (χ1v) is 14.3. The van der Waals surface area contributed by atoms with Gasteiger partial charge in [-0.3, -0.25) is 9.59 Å². The number of hydrogen-bond donors (Lipinski definition) is 0. The van der Waals surface area contributed by atoms with Crippen molar-refractivity contribution in [2.45, 2.75) is 30.9 Å². The fourth-order valence-electron chi connectivity index (χ4n) is 4.91. The molecule has 13 heteroatoms. The van der Waals surface area contributed by atoms with Crippen molar-refractivity contribution in [2.75, 3.05) is 62.2 Å². The molecule has 41 heavy (non-hydrogen) atoms. The van der Waals surface area contributed by atoms with Gasteiger partial charge in [0.15, 0.2) is 10.9 Å². The van der Waals surface area contributed by atoms with Crippen LogP contribution in [-0.2, 0) is 16.7 Å². The Hall–Kier alpha value is -3.74. The molecule has 4 heterocycles. The van der Waals surface area contributed by atoms with Crippen LogP contribution in [0.3, 0.4) is 0 Å². The van der Waals surface area contributed by atoms with Gasteiger partial charge in [-0.05, 0) is 37.3 Å². The van der Waals surface area contributed by atoms with Crippen molar-refractivity contribution < 1.29 is 27.2 Å². The SMILES string of the molecule is CC(=O)N1CCN(C(=O)c2ccc(CSc3nc(C)cc(N4CCN(c5cccc(C(F)(F)F)c5)CC4)n3)o2)CC1. The molecule has 1 aromatic carbocycles. The summed E-state index contributed by atoms with van der Waals surface area (Å²) in [5.41, 5.74) is 0.716. The van der Waals surface area contributed by atoms with E-state index < -0.39 is 11.7 Å². The van der Waals surface area contributed by atoms with Crippen molar-refractivity contribution in [2.24, 2.45) is 0 Å². The number of aromatic nitrogens is 2. The van der Waals surface area contributed by atoms with Crippen molar-refractivity contribution in [1.82, 2.24) is 19.8 Å². The minimum absolute atomic E-state index is 0.00772. The third-order valence-corrected chi connectivity index (χ3v) is 8.06. The number of furan rings is 1. The molecule has 9 nitrogen and oxygen atoms in total. The Bertz CT molecular complexity index is 1400. The third kappa shape index (κ3) is 6.95. The number of carbonyl (C=O) groups excluding carboxylic acids is 2. The molecule has 2 aliphatic rings. The van der Waals surface area contributed by atoms with Crippen LogP contribution in [0, 0.1) is 6.92 Å². The maximum Gasteiger partial charge on any atom is 0.416 e. The molecule has 0 bridgehead atoms. The lowest BCUT2D eigenvalue weighted by Crippen LogP contribution is -2.50. The zero-order valence-electron chi connectivity index (χ0n) is 22.9. The van der Waals surface area contributed by atoms with Crippen LogP contribution in [0.25, 0.3) is 0 Å². The number of alkyl halides is 3. The van der Waals surface area contributed by atoms with Crippen LogP contribution in [0.1, 0.15) is 34.5 Å². The molecule has 5 rings (SSSR count). The second-order valence-electron chi connectivity index (χ2n) is 10.0. The molecule has 0 unspecified atom stereocenters. The van der Waals surface area contributed by atoms with Crippen LogP contribution in [0.5, 0.6) is 0 Å². The number of nitrogens with zero attached hydrogens (tertiary/aromatic N) is 6. The maximum absolute atomic E-state index is 13.1. The fourth-order valence-corrected chi connectivity index (χ4v) is 5.70. The van der Waals surface area contributed by atoms with Gasteiger partial charge in [-0.25, -0.2) is 9.97 Å². The second-order valence-corrected chi connectivity index (χ2v) is 11.0. The van der Waals surface area contributed by atoms with E-state index >= 15 is 0 Å². The highest BCUT2D eigenvalue weighted by atomic mass is 32.2. The average Bonchev–Trinajstić information content (AvgIpc) is 3.44. The standard InChI is InChI=1S/C28H31F3N6O3S/c1-19-16-25(36-12-10-35(11-13-36)22-5-3-4-21(17-22)28(29,30)31)33-27(32-19)41-18-23-6-7-24(40-23)26(39)37-14-8-34(9-15-37)20(2)38/h3-7,16-17H,8-15,18H2,1-2H3. The lowest BCUT2D eigenvalue weighted by atomic mass is 10.1. The van der Waals surface area contributed by atoms with E-state index in [1.807, 2.05) is 17.9 Å². The van der Waals surface area contributed by atoms with Gasteiger partial charge >= 0.3 is 6.18 Å². The van der Waals surface area contributed by atoms with Crippen molar-refractivity contribution in [1.29, 1.82) is 0 Å². The van der Waals surface area contributed by atoms with Crippen molar-refractivity contribution >= 4 is 35.1 Å². The van der Waals surface area contributed by atoms with E-state index in [-0.39, 0.29) is 17.6 Å². The summed E-state index contributed by atoms with van der Waals surface area (Å²) in [6, 6.07) is 10.8. The fraction of sp³-hybridized carbons (Fsp3) is 0.429. The summed E-state index contributed by atoms with van der Waals surface area (Å²) in [4.78, 5) is 41.1. The van der Waals surface area contributed by atoms with E-state index in [1.165, 1.54) is 30.8 Å². The van der Waals surface area contributed by atoms with E-state index in [1.54, 1.807) is 28.0 Å². The zero-order valence-corrected chi connectivity index (χ0v) is 23.7. The molecule has 2 amide bonds. The molecule has 3 aromatic rings. The first-order chi connectivity index (χ1) is 19.6. The van der Waals surface area contributed by atoms with Crippen LogP contribution in [0.2, 0.25) is 0 Å². The van der Waals surface area contributed by atoms with Gasteiger partial charge in [0.25, 0.3) is 5.91 Å². The summed E-state index contributed by atoms with van der Waals surface area (Å²) in [6.07, 6.45) is -4.37. The molecule has 2 aliphatic heterocycles. The number of thioether (sulfide) groups is 1. The second kappa shape index (κ2) is 12.0. The quantitative estimate of drug-likeness (QED) is 0.311. The molecule has 0 radical (unpaired) electrons. The third-order valence-electron chi connectivity index (χ3n) is 7.19. The Morgan fingerprint density at radius 1 is 0.902 bits per heavy atom. The van der Waals surface area contributed by atoms with E-state index in [0.29, 0.717) is 74.7 Å². The number of piperazine rings is 2. The van der Waals surface area contributed by atoms with E-state index in [0.717, 1.165) is 17.6 Å². The van der Waals surface area contributed by atoms with Gasteiger partial charge in [0.2, 0.25) is 5.91 Å². The summed E-state index contributed by atoms with van der Waals surface area (Å²) in [5, 5.41) is 0.574. The van der Waals surface area contributed by atoms with Crippen LogP contribution in [0.4, 0.5) is 24.7 Å². The van der Waals surface area contributed by atoms with Crippen molar-refractivity contribution in [3.05, 3.63) is 65.2 Å². The van der Waals surface area contributed by atoms with E-state index in [4.69, 9.17) is 9.40 Å². The molecule has 0 saturated carbocycles. The number of carbonyl (C=O) groups is 2. The Kier molecular flexibility index (Phi) is 8.43. The Balaban J connectivity index is 1.16. The highest BCUT2D eigenvalue weighted by Gasteiger charge is 2.31. The van der Waals surface area contributed by atoms with E-state index in [2.05, 4.69) is 9.88 Å². The summed E-state index contributed by atoms with van der Waals surface area (Å²) >= 11 is 1.40. The van der Waals surface area contributed by atoms with Gasteiger partial charge in [-0.15, -0.1) is 0 Å². The Morgan fingerprint density at radius 3 is 2.27 bits per heavy atom. The number of hydrogen-bond acceptors (Lipinski definition) is 8. The number of halogens is 3. The smallest absolute Gasteiger partial charge is 0.416 e. The van der Waals surface area contributed by atoms with Gasteiger partial charge < -0.3 is 24.0 Å². The molecular formula is C28H31F3N6O3S. The summed E-state index contributed by atoms with van der Waals surface area (Å²) in [6.45, 7) is 7.75. The highest BCUT2D eigenvalue weighted by Crippen LogP contribution is 2.32. The minimum Gasteiger partial charge on any atom is -0.455 e. The molecule has 2 aromatic heterocycles. The number of amides is 2. The summed E-state index contributed by atoms with van der Waals surface area (Å²) in [5.74, 6) is 1.92. The van der Waals surface area contributed by atoms with Gasteiger partial charge in [-0.2, -0.15) is 13.2 Å². The molecular weight excluding hydrogens is 557 g/mol. The minimum atomic E-state index is -4.37. The van der Waals surface area contributed by atoms with Crippen LogP contribution in [-0.4, -0.2) is 83.9 Å². The molecule has 2 saturated heterocycles. The first-order valence-electron chi connectivity index (χ1n) is 13.4. The van der Waals surface area contributed by atoms with Crippen molar-refractivity contribution in [3.63, 3.8) is 0 Å². The summed E-state index contributed by atoms with van der Waals surface area (Å²) in [7, 11) is 0. The average molecular weight is 589 g/mol. The Morgan fingerprint density at radius 2 is 1.59 bits per heavy atom. The topological polar surface area (TPSA) is 86.0 Å². The molecule has 0 N–H and O–H groups in total. The summed E-state index contributed by atoms with van der Waals surface area (Å²) < 4.78 is 45.2. The largest absolute Gasteiger partial charge is 0.455 e. The van der Waals surface area contributed by atoms with Gasteiger partial charge in [0.1, 0.15) is 11.6 Å². The number of anilines is 2. The normalized spacial score (nSPS) is 16.3. The van der Waals surface area contributed by atoms with Gasteiger partial charge in [-0.1, -0.05) is 17.8 Å². The lowest BCUT2D eigenvalue weighted by Gasteiger charge is -2.37.